The molecular weight excluding hydrogens is 328 g/mol. The molecule has 134 valence electrons. The minimum Gasteiger partial charge on any atom is -0.367 e. The van der Waals surface area contributed by atoms with Crippen molar-refractivity contribution in [3.8, 4) is 6.07 Å². The number of pyridine rings is 1. The van der Waals surface area contributed by atoms with Gasteiger partial charge in [0.1, 0.15) is 11.6 Å². The number of aromatic amines is 1. The van der Waals surface area contributed by atoms with Gasteiger partial charge in [0.25, 0.3) is 11.5 Å². The van der Waals surface area contributed by atoms with Gasteiger partial charge in [-0.15, -0.1) is 0 Å². The standard InChI is InChI=1S/C20H22N4O2/c1-13-6-4-5-7-18(13)23-8-9-24(14(2)12-23)20(26)17-11-22-19(25)16(10-21)15(17)3/h4-7,11,14H,8-9,12H2,1-3H3,(H,22,25)/t14-/m1/s1. The third kappa shape index (κ3) is 3.08. The number of hydrogen-bond acceptors (Lipinski definition) is 4. The summed E-state index contributed by atoms with van der Waals surface area (Å²) in [6.07, 6.45) is 1.42. The van der Waals surface area contributed by atoms with Crippen LogP contribution in [0, 0.1) is 25.2 Å². The second-order valence-corrected chi connectivity index (χ2v) is 6.72. The summed E-state index contributed by atoms with van der Waals surface area (Å²) in [6.45, 7) is 7.84. The van der Waals surface area contributed by atoms with Gasteiger partial charge < -0.3 is 14.8 Å². The number of benzene rings is 1. The molecule has 1 atom stereocenters. The molecule has 1 fully saturated rings. The maximum absolute atomic E-state index is 13.0. The average molecular weight is 350 g/mol. The van der Waals surface area contributed by atoms with E-state index in [2.05, 4.69) is 28.9 Å². The van der Waals surface area contributed by atoms with Crippen LogP contribution in [-0.4, -0.2) is 41.5 Å². The van der Waals surface area contributed by atoms with E-state index in [9.17, 15) is 9.59 Å². The molecule has 26 heavy (non-hydrogen) atoms. The molecule has 0 aliphatic carbocycles. The molecular formula is C20H22N4O2. The van der Waals surface area contributed by atoms with Gasteiger partial charge in [-0.1, -0.05) is 18.2 Å². The van der Waals surface area contributed by atoms with E-state index < -0.39 is 5.56 Å². The van der Waals surface area contributed by atoms with Crippen molar-refractivity contribution in [1.29, 1.82) is 5.26 Å². The highest BCUT2D eigenvalue weighted by atomic mass is 16.2. The monoisotopic (exact) mass is 350 g/mol. The van der Waals surface area contributed by atoms with E-state index >= 15 is 0 Å². The van der Waals surface area contributed by atoms with Gasteiger partial charge in [0.05, 0.1) is 5.56 Å². The third-order valence-corrected chi connectivity index (χ3v) is 5.04. The Labute approximate surface area is 152 Å². The van der Waals surface area contributed by atoms with Crippen LogP contribution >= 0.6 is 0 Å². The second kappa shape index (κ2) is 7.04. The van der Waals surface area contributed by atoms with Crippen LogP contribution in [0.4, 0.5) is 5.69 Å². The number of nitriles is 1. The van der Waals surface area contributed by atoms with Gasteiger partial charge in [-0.3, -0.25) is 9.59 Å². The number of para-hydroxylation sites is 1. The number of H-pyrrole nitrogens is 1. The van der Waals surface area contributed by atoms with Crippen LogP contribution in [0.25, 0.3) is 0 Å². The third-order valence-electron chi connectivity index (χ3n) is 5.04. The van der Waals surface area contributed by atoms with E-state index in [1.807, 2.05) is 30.0 Å². The highest BCUT2D eigenvalue weighted by molar-refractivity contribution is 5.96. The molecule has 3 rings (SSSR count). The second-order valence-electron chi connectivity index (χ2n) is 6.72. The summed E-state index contributed by atoms with van der Waals surface area (Å²) in [4.78, 5) is 31.3. The Morgan fingerprint density at radius 1 is 1.27 bits per heavy atom. The predicted molar refractivity (Wildman–Crippen MR) is 100 cm³/mol. The smallest absolute Gasteiger partial charge is 0.266 e. The molecule has 0 spiro atoms. The fourth-order valence-electron chi connectivity index (χ4n) is 3.53. The van der Waals surface area contributed by atoms with E-state index in [1.54, 1.807) is 6.92 Å². The topological polar surface area (TPSA) is 80.2 Å². The first-order valence-electron chi connectivity index (χ1n) is 8.68. The summed E-state index contributed by atoms with van der Waals surface area (Å²) >= 11 is 0. The Balaban J connectivity index is 1.82. The molecule has 0 bridgehead atoms. The molecule has 1 aromatic carbocycles. The van der Waals surface area contributed by atoms with E-state index in [0.29, 0.717) is 17.7 Å². The van der Waals surface area contributed by atoms with Crippen molar-refractivity contribution in [3.05, 3.63) is 63.1 Å². The van der Waals surface area contributed by atoms with Crippen molar-refractivity contribution < 1.29 is 4.79 Å². The number of aromatic nitrogens is 1. The molecule has 1 aliphatic rings. The Bertz CT molecular complexity index is 942. The van der Waals surface area contributed by atoms with E-state index in [4.69, 9.17) is 5.26 Å². The number of amides is 1. The van der Waals surface area contributed by atoms with Crippen LogP contribution in [-0.2, 0) is 0 Å². The highest BCUT2D eigenvalue weighted by Gasteiger charge is 2.30. The fraction of sp³-hybridized carbons (Fsp3) is 0.350. The van der Waals surface area contributed by atoms with Gasteiger partial charge in [-0.05, 0) is 38.0 Å². The van der Waals surface area contributed by atoms with Crippen LogP contribution in [0.5, 0.6) is 0 Å². The zero-order valence-electron chi connectivity index (χ0n) is 15.2. The van der Waals surface area contributed by atoms with Crippen molar-refractivity contribution in [2.75, 3.05) is 24.5 Å². The summed E-state index contributed by atoms with van der Waals surface area (Å²) < 4.78 is 0. The molecule has 1 aliphatic heterocycles. The molecule has 0 unspecified atom stereocenters. The zero-order chi connectivity index (χ0) is 18.8. The van der Waals surface area contributed by atoms with E-state index in [1.165, 1.54) is 17.4 Å². The molecule has 6 nitrogen and oxygen atoms in total. The summed E-state index contributed by atoms with van der Waals surface area (Å²) in [5.41, 5.74) is 2.78. The number of carbonyl (C=O) groups excluding carboxylic acids is 1. The fourth-order valence-corrected chi connectivity index (χ4v) is 3.53. The number of piperazine rings is 1. The molecule has 0 saturated carbocycles. The molecule has 6 heteroatoms. The molecule has 0 radical (unpaired) electrons. The van der Waals surface area contributed by atoms with Crippen LogP contribution in [0.15, 0.2) is 35.3 Å². The number of hydrogen-bond donors (Lipinski definition) is 1. The van der Waals surface area contributed by atoms with Gasteiger partial charge in [-0.2, -0.15) is 5.26 Å². The van der Waals surface area contributed by atoms with Crippen molar-refractivity contribution in [3.63, 3.8) is 0 Å². The van der Waals surface area contributed by atoms with Crippen LogP contribution in [0.1, 0.15) is 34.0 Å². The van der Waals surface area contributed by atoms with Crippen molar-refractivity contribution in [1.82, 2.24) is 9.88 Å². The van der Waals surface area contributed by atoms with Crippen molar-refractivity contribution in [2.24, 2.45) is 0 Å². The molecule has 2 heterocycles. The van der Waals surface area contributed by atoms with Crippen LogP contribution in [0.3, 0.4) is 0 Å². The minimum atomic E-state index is -0.459. The molecule has 1 aromatic heterocycles. The summed E-state index contributed by atoms with van der Waals surface area (Å²) in [7, 11) is 0. The number of nitrogens with zero attached hydrogens (tertiary/aromatic N) is 3. The van der Waals surface area contributed by atoms with Crippen LogP contribution in [0.2, 0.25) is 0 Å². The first kappa shape index (κ1) is 17.7. The van der Waals surface area contributed by atoms with Gasteiger partial charge in [0, 0.05) is 37.6 Å². The first-order chi connectivity index (χ1) is 12.4. The highest BCUT2D eigenvalue weighted by Crippen LogP contribution is 2.24. The molecule has 1 saturated heterocycles. The quantitative estimate of drug-likeness (QED) is 0.900. The molecule has 1 N–H and O–H groups in total. The Morgan fingerprint density at radius 2 is 2.00 bits per heavy atom. The lowest BCUT2D eigenvalue weighted by Crippen LogP contribution is -2.54. The van der Waals surface area contributed by atoms with Gasteiger partial charge >= 0.3 is 0 Å². The Kier molecular flexibility index (Phi) is 4.81. The lowest BCUT2D eigenvalue weighted by Gasteiger charge is -2.41. The van der Waals surface area contributed by atoms with Gasteiger partial charge in [0.2, 0.25) is 0 Å². The summed E-state index contributed by atoms with van der Waals surface area (Å²) in [6, 6.07) is 10.1. The maximum Gasteiger partial charge on any atom is 0.266 e. The van der Waals surface area contributed by atoms with Crippen molar-refractivity contribution >= 4 is 11.6 Å². The number of nitrogens with one attached hydrogen (secondary N) is 1. The summed E-state index contributed by atoms with van der Waals surface area (Å²) in [5.74, 6) is -0.146. The normalized spacial score (nSPS) is 17.1. The van der Waals surface area contributed by atoms with Gasteiger partial charge in [-0.25, -0.2) is 0 Å². The minimum absolute atomic E-state index is 0.00190. The summed E-state index contributed by atoms with van der Waals surface area (Å²) in [5, 5.41) is 9.15. The number of aryl methyl sites for hydroxylation is 1. The zero-order valence-corrected chi connectivity index (χ0v) is 15.2. The Hall–Kier alpha value is -3.07. The number of rotatable bonds is 2. The van der Waals surface area contributed by atoms with Gasteiger partial charge in [0.15, 0.2) is 0 Å². The van der Waals surface area contributed by atoms with Crippen LogP contribution < -0.4 is 10.5 Å². The lowest BCUT2D eigenvalue weighted by atomic mass is 10.0. The number of anilines is 1. The largest absolute Gasteiger partial charge is 0.367 e. The van der Waals surface area contributed by atoms with E-state index in [-0.39, 0.29) is 17.5 Å². The van der Waals surface area contributed by atoms with Crippen molar-refractivity contribution in [2.45, 2.75) is 26.8 Å². The van der Waals surface area contributed by atoms with E-state index in [0.717, 1.165) is 13.1 Å². The molecule has 1 amide bonds. The maximum atomic E-state index is 13.0. The first-order valence-corrected chi connectivity index (χ1v) is 8.68. The number of carbonyl (C=O) groups is 1. The average Bonchev–Trinajstić information content (AvgIpc) is 2.62. The molecule has 2 aromatic rings. The Morgan fingerprint density at radius 3 is 2.65 bits per heavy atom. The predicted octanol–water partition coefficient (Wildman–Crippen LogP) is 2.21. The SMILES string of the molecule is Cc1ccccc1N1CCN(C(=O)c2c[nH]c(=O)c(C#N)c2C)[C@H](C)C1. The lowest BCUT2D eigenvalue weighted by molar-refractivity contribution is 0.0673.